The number of hydrogen-bond acceptors (Lipinski definition) is 2. The van der Waals surface area contributed by atoms with Crippen molar-refractivity contribution < 1.29 is 5.11 Å². The molecule has 0 radical (unpaired) electrons. The van der Waals surface area contributed by atoms with Crippen LogP contribution in [0.1, 0.15) is 51.0 Å². The monoisotopic (exact) mass is 208 g/mol. The van der Waals surface area contributed by atoms with Gasteiger partial charge in [0.05, 0.1) is 0 Å². The van der Waals surface area contributed by atoms with Crippen LogP contribution >= 0.6 is 0 Å². The highest BCUT2D eigenvalue weighted by Crippen LogP contribution is 2.34. The molecule has 1 atom stereocenters. The molecule has 3 nitrogen and oxygen atoms in total. The zero-order valence-electron chi connectivity index (χ0n) is 9.39. The number of aromatic nitrogens is 2. The Kier molecular flexibility index (Phi) is 3.41. The molecule has 0 bridgehead atoms. The molecular weight excluding hydrogens is 188 g/mol. The maximum atomic E-state index is 10.2. The Balaban J connectivity index is 2.09. The third-order valence-electron chi connectivity index (χ3n) is 3.32. The van der Waals surface area contributed by atoms with E-state index in [1.165, 1.54) is 12.8 Å². The number of aliphatic hydroxyl groups is 1. The zero-order valence-corrected chi connectivity index (χ0v) is 9.39. The van der Waals surface area contributed by atoms with Gasteiger partial charge in [0.1, 0.15) is 11.9 Å². The smallest absolute Gasteiger partial charge is 0.137 e. The molecule has 1 saturated carbocycles. The highest BCUT2D eigenvalue weighted by Gasteiger charge is 2.27. The van der Waals surface area contributed by atoms with E-state index in [9.17, 15) is 5.11 Å². The highest BCUT2D eigenvalue weighted by atomic mass is 16.3. The lowest BCUT2D eigenvalue weighted by molar-refractivity contribution is 0.0988. The van der Waals surface area contributed by atoms with Gasteiger partial charge >= 0.3 is 0 Å². The predicted octanol–water partition coefficient (Wildman–Crippen LogP) is 2.52. The standard InChI is InChI=1S/C12H20N2O/c1-2-8-14-9-7-13-12(14)11(15)10-5-3-4-6-10/h7,9-11,15H,2-6,8H2,1H3. The minimum Gasteiger partial charge on any atom is -0.385 e. The second-order valence-electron chi connectivity index (χ2n) is 4.47. The summed E-state index contributed by atoms with van der Waals surface area (Å²) in [7, 11) is 0. The van der Waals surface area contributed by atoms with Crippen molar-refractivity contribution in [1.82, 2.24) is 9.55 Å². The number of rotatable bonds is 4. The Labute approximate surface area is 91.1 Å². The maximum Gasteiger partial charge on any atom is 0.137 e. The molecule has 3 heteroatoms. The molecular formula is C12H20N2O. The molecule has 0 saturated heterocycles. The van der Waals surface area contributed by atoms with E-state index in [0.29, 0.717) is 5.92 Å². The van der Waals surface area contributed by atoms with E-state index < -0.39 is 0 Å². The first-order valence-electron chi connectivity index (χ1n) is 6.02. The van der Waals surface area contributed by atoms with Crippen LogP contribution in [0.5, 0.6) is 0 Å². The molecule has 1 N–H and O–H groups in total. The van der Waals surface area contributed by atoms with Crippen LogP contribution in [-0.2, 0) is 6.54 Å². The predicted molar refractivity (Wildman–Crippen MR) is 59.4 cm³/mol. The maximum absolute atomic E-state index is 10.2. The second kappa shape index (κ2) is 4.79. The molecule has 1 unspecified atom stereocenters. The van der Waals surface area contributed by atoms with Crippen molar-refractivity contribution in [3.63, 3.8) is 0 Å². The quantitative estimate of drug-likeness (QED) is 0.825. The summed E-state index contributed by atoms with van der Waals surface area (Å²) in [5.41, 5.74) is 0. The van der Waals surface area contributed by atoms with Gasteiger partial charge in [-0.05, 0) is 25.2 Å². The molecule has 1 fully saturated rings. The van der Waals surface area contributed by atoms with Gasteiger partial charge in [0.2, 0.25) is 0 Å². The third-order valence-corrected chi connectivity index (χ3v) is 3.32. The average Bonchev–Trinajstić information content (AvgIpc) is 2.87. The summed E-state index contributed by atoms with van der Waals surface area (Å²) in [4.78, 5) is 4.29. The Bertz CT molecular complexity index is 302. The fourth-order valence-electron chi connectivity index (χ4n) is 2.50. The van der Waals surface area contributed by atoms with E-state index in [1.54, 1.807) is 6.20 Å². The van der Waals surface area contributed by atoms with Crippen molar-refractivity contribution in [2.45, 2.75) is 51.7 Å². The van der Waals surface area contributed by atoms with Gasteiger partial charge in [-0.25, -0.2) is 4.98 Å². The van der Waals surface area contributed by atoms with Gasteiger partial charge in [-0.15, -0.1) is 0 Å². The third kappa shape index (κ3) is 2.23. The lowest BCUT2D eigenvalue weighted by Crippen LogP contribution is -2.15. The van der Waals surface area contributed by atoms with Gasteiger partial charge in [-0.3, -0.25) is 0 Å². The van der Waals surface area contributed by atoms with Crippen LogP contribution < -0.4 is 0 Å². The number of aliphatic hydroxyl groups excluding tert-OH is 1. The van der Waals surface area contributed by atoms with Crippen LogP contribution in [-0.4, -0.2) is 14.7 Å². The average molecular weight is 208 g/mol. The van der Waals surface area contributed by atoms with E-state index in [1.807, 2.05) is 6.20 Å². The Morgan fingerprint density at radius 3 is 2.93 bits per heavy atom. The Morgan fingerprint density at radius 2 is 2.27 bits per heavy atom. The zero-order chi connectivity index (χ0) is 10.7. The van der Waals surface area contributed by atoms with Crippen LogP contribution in [0.2, 0.25) is 0 Å². The topological polar surface area (TPSA) is 38.0 Å². The number of aryl methyl sites for hydroxylation is 1. The summed E-state index contributed by atoms with van der Waals surface area (Å²) in [6.07, 6.45) is 9.32. The first-order valence-corrected chi connectivity index (χ1v) is 6.02. The van der Waals surface area contributed by atoms with Gasteiger partial charge in [0, 0.05) is 18.9 Å². The van der Waals surface area contributed by atoms with Crippen LogP contribution in [0.15, 0.2) is 12.4 Å². The van der Waals surface area contributed by atoms with Crippen LogP contribution in [0.4, 0.5) is 0 Å². The molecule has 1 heterocycles. The van der Waals surface area contributed by atoms with Crippen molar-refractivity contribution in [2.75, 3.05) is 0 Å². The second-order valence-corrected chi connectivity index (χ2v) is 4.47. The molecule has 15 heavy (non-hydrogen) atoms. The van der Waals surface area contributed by atoms with Crippen molar-refractivity contribution in [3.05, 3.63) is 18.2 Å². The minimum atomic E-state index is -0.353. The van der Waals surface area contributed by atoms with Gasteiger partial charge in [-0.2, -0.15) is 0 Å². The van der Waals surface area contributed by atoms with E-state index in [-0.39, 0.29) is 6.10 Å². The molecule has 1 aromatic heterocycles. The molecule has 0 aliphatic heterocycles. The van der Waals surface area contributed by atoms with Crippen LogP contribution in [0, 0.1) is 5.92 Å². The van der Waals surface area contributed by atoms with Crippen molar-refractivity contribution in [1.29, 1.82) is 0 Å². The summed E-state index contributed by atoms with van der Waals surface area (Å²) >= 11 is 0. The van der Waals surface area contributed by atoms with E-state index in [4.69, 9.17) is 0 Å². The molecule has 1 aromatic rings. The van der Waals surface area contributed by atoms with Gasteiger partial charge in [-0.1, -0.05) is 19.8 Å². The van der Waals surface area contributed by atoms with Gasteiger partial charge < -0.3 is 9.67 Å². The van der Waals surface area contributed by atoms with Crippen molar-refractivity contribution in [2.24, 2.45) is 5.92 Å². The SMILES string of the molecule is CCCn1ccnc1C(O)C1CCCC1. The summed E-state index contributed by atoms with van der Waals surface area (Å²) in [6.45, 7) is 3.10. The summed E-state index contributed by atoms with van der Waals surface area (Å²) in [5.74, 6) is 1.30. The van der Waals surface area contributed by atoms with E-state index >= 15 is 0 Å². The summed E-state index contributed by atoms with van der Waals surface area (Å²) < 4.78 is 2.09. The number of imidazole rings is 1. The largest absolute Gasteiger partial charge is 0.385 e. The molecule has 84 valence electrons. The fourth-order valence-corrected chi connectivity index (χ4v) is 2.50. The molecule has 2 rings (SSSR count). The van der Waals surface area contributed by atoms with E-state index in [2.05, 4.69) is 16.5 Å². The van der Waals surface area contributed by atoms with Crippen LogP contribution in [0.3, 0.4) is 0 Å². The van der Waals surface area contributed by atoms with Crippen LogP contribution in [0.25, 0.3) is 0 Å². The molecule has 1 aliphatic carbocycles. The highest BCUT2D eigenvalue weighted by molar-refractivity contribution is 4.99. The lowest BCUT2D eigenvalue weighted by atomic mass is 10.0. The first kappa shape index (κ1) is 10.7. The molecule has 0 aromatic carbocycles. The minimum absolute atomic E-state index is 0.353. The number of hydrogen-bond donors (Lipinski definition) is 1. The number of nitrogens with zero attached hydrogens (tertiary/aromatic N) is 2. The first-order chi connectivity index (χ1) is 7.33. The van der Waals surface area contributed by atoms with Gasteiger partial charge in [0.25, 0.3) is 0 Å². The van der Waals surface area contributed by atoms with Crippen molar-refractivity contribution >= 4 is 0 Å². The molecule has 1 aliphatic rings. The summed E-state index contributed by atoms with van der Waals surface area (Å²) in [5, 5.41) is 10.2. The van der Waals surface area contributed by atoms with Crippen molar-refractivity contribution in [3.8, 4) is 0 Å². The Hall–Kier alpha value is -0.830. The fraction of sp³-hybridized carbons (Fsp3) is 0.750. The Morgan fingerprint density at radius 1 is 1.53 bits per heavy atom. The van der Waals surface area contributed by atoms with Gasteiger partial charge in [0.15, 0.2) is 0 Å². The normalized spacial score (nSPS) is 19.6. The van der Waals surface area contributed by atoms with E-state index in [0.717, 1.165) is 31.6 Å². The molecule has 0 amide bonds. The lowest BCUT2D eigenvalue weighted by Gasteiger charge is -2.18. The summed E-state index contributed by atoms with van der Waals surface area (Å²) in [6, 6.07) is 0. The molecule has 0 spiro atoms.